The summed E-state index contributed by atoms with van der Waals surface area (Å²) in [6, 6.07) is 4.28. The van der Waals surface area contributed by atoms with Crippen LogP contribution < -0.4 is 10.6 Å². The third-order valence-corrected chi connectivity index (χ3v) is 4.12. The molecule has 0 bridgehead atoms. The number of halogens is 1. The lowest BCUT2D eigenvalue weighted by molar-refractivity contribution is -0.132. The summed E-state index contributed by atoms with van der Waals surface area (Å²) in [7, 11) is 1.57. The third-order valence-electron chi connectivity index (χ3n) is 3.17. The number of fused-ring (bicyclic) bond motifs is 1. The van der Waals surface area contributed by atoms with E-state index in [9.17, 15) is 14.0 Å². The molecule has 130 valence electrons. The van der Waals surface area contributed by atoms with Crippen molar-refractivity contribution in [2.75, 3.05) is 25.5 Å². The van der Waals surface area contributed by atoms with Crippen LogP contribution in [0.1, 0.15) is 20.8 Å². The molecule has 1 heterocycles. The van der Waals surface area contributed by atoms with Gasteiger partial charge in [-0.25, -0.2) is 9.37 Å². The lowest BCUT2D eigenvalue weighted by Gasteiger charge is -2.23. The van der Waals surface area contributed by atoms with Gasteiger partial charge in [0.15, 0.2) is 5.13 Å². The molecule has 0 aliphatic carbocycles. The van der Waals surface area contributed by atoms with Crippen LogP contribution in [0.25, 0.3) is 10.2 Å². The molecule has 0 fully saturated rings. The molecule has 24 heavy (non-hydrogen) atoms. The number of hydrogen-bond acceptors (Lipinski definition) is 5. The van der Waals surface area contributed by atoms with Gasteiger partial charge in [-0.15, -0.1) is 0 Å². The summed E-state index contributed by atoms with van der Waals surface area (Å²) in [5.41, 5.74) is 0.323. The van der Waals surface area contributed by atoms with E-state index in [1.165, 1.54) is 28.4 Å². The van der Waals surface area contributed by atoms with Crippen LogP contribution >= 0.6 is 11.3 Å². The van der Waals surface area contributed by atoms with Crippen LogP contribution in [0.4, 0.5) is 9.52 Å². The minimum atomic E-state index is -0.373. The number of carbonyl (C=O) groups excluding carboxylic acids is 2. The zero-order chi connectivity index (χ0) is 17.9. The average molecular weight is 352 g/mol. The number of thiazole rings is 1. The summed E-state index contributed by atoms with van der Waals surface area (Å²) in [5.74, 6) is -0.894. The van der Waals surface area contributed by atoms with E-state index in [1.807, 2.05) is 20.8 Å². The molecule has 0 aliphatic rings. The first-order chi connectivity index (χ1) is 11.1. The van der Waals surface area contributed by atoms with Crippen LogP contribution in [0, 0.1) is 5.82 Å². The maximum Gasteiger partial charge on any atom is 0.245 e. The van der Waals surface area contributed by atoms with Crippen molar-refractivity contribution in [1.29, 1.82) is 0 Å². The average Bonchev–Trinajstić information content (AvgIpc) is 2.84. The minimum Gasteiger partial charge on any atom is -0.335 e. The van der Waals surface area contributed by atoms with Gasteiger partial charge in [0.25, 0.3) is 0 Å². The monoisotopic (exact) mass is 352 g/mol. The first-order valence-electron chi connectivity index (χ1n) is 7.49. The Labute approximate surface area is 144 Å². The number of hydrogen-bond donors (Lipinski definition) is 2. The van der Waals surface area contributed by atoms with Gasteiger partial charge in [0.2, 0.25) is 11.8 Å². The fourth-order valence-corrected chi connectivity index (χ4v) is 2.75. The summed E-state index contributed by atoms with van der Waals surface area (Å²) < 4.78 is 13.9. The highest BCUT2D eigenvalue weighted by molar-refractivity contribution is 7.22. The molecule has 2 N–H and O–H groups in total. The van der Waals surface area contributed by atoms with Gasteiger partial charge >= 0.3 is 0 Å². The van der Waals surface area contributed by atoms with Crippen molar-refractivity contribution >= 4 is 38.5 Å². The van der Waals surface area contributed by atoms with E-state index in [0.29, 0.717) is 10.6 Å². The number of benzene rings is 1. The van der Waals surface area contributed by atoms with Gasteiger partial charge in [-0.2, -0.15) is 0 Å². The van der Waals surface area contributed by atoms with Crippen molar-refractivity contribution in [2.45, 2.75) is 26.3 Å². The third kappa shape index (κ3) is 5.24. The van der Waals surface area contributed by atoms with Crippen LogP contribution in [0.2, 0.25) is 0 Å². The molecule has 0 saturated heterocycles. The number of nitrogens with one attached hydrogen (secondary N) is 2. The molecule has 0 unspecified atom stereocenters. The maximum absolute atomic E-state index is 13.2. The van der Waals surface area contributed by atoms with E-state index in [2.05, 4.69) is 15.6 Å². The second kappa shape index (κ2) is 7.23. The molecule has 0 aliphatic heterocycles. The van der Waals surface area contributed by atoms with Crippen molar-refractivity contribution in [3.63, 3.8) is 0 Å². The number of aromatic nitrogens is 1. The van der Waals surface area contributed by atoms with Gasteiger partial charge in [-0.1, -0.05) is 11.3 Å². The Hall–Kier alpha value is -2.06. The van der Waals surface area contributed by atoms with Crippen molar-refractivity contribution in [3.8, 4) is 0 Å². The zero-order valence-electron chi connectivity index (χ0n) is 14.1. The maximum atomic E-state index is 13.2. The second-order valence-corrected chi connectivity index (χ2v) is 7.56. The molecule has 0 saturated carbocycles. The van der Waals surface area contributed by atoms with E-state index in [-0.39, 0.29) is 36.3 Å². The molecule has 6 nitrogen and oxygen atoms in total. The van der Waals surface area contributed by atoms with Crippen LogP contribution in [0.15, 0.2) is 18.2 Å². The van der Waals surface area contributed by atoms with Crippen LogP contribution in [0.3, 0.4) is 0 Å². The van der Waals surface area contributed by atoms with Crippen LogP contribution in [-0.2, 0) is 9.59 Å². The highest BCUT2D eigenvalue weighted by atomic mass is 32.1. The van der Waals surface area contributed by atoms with Crippen LogP contribution in [0.5, 0.6) is 0 Å². The Balaban J connectivity index is 1.90. The molecule has 0 atom stereocenters. The van der Waals surface area contributed by atoms with E-state index in [1.54, 1.807) is 13.1 Å². The quantitative estimate of drug-likeness (QED) is 0.865. The van der Waals surface area contributed by atoms with Gasteiger partial charge < -0.3 is 15.5 Å². The number of carbonyl (C=O) groups is 2. The molecule has 2 rings (SSSR count). The molecular weight excluding hydrogens is 331 g/mol. The molecule has 1 aromatic heterocycles. The second-order valence-electron chi connectivity index (χ2n) is 6.53. The van der Waals surface area contributed by atoms with Gasteiger partial charge in [0.05, 0.1) is 23.3 Å². The lowest BCUT2D eigenvalue weighted by Crippen LogP contribution is -2.45. The Morgan fingerprint density at radius 2 is 2.04 bits per heavy atom. The van der Waals surface area contributed by atoms with E-state index in [4.69, 9.17) is 0 Å². The van der Waals surface area contributed by atoms with Gasteiger partial charge in [-0.05, 0) is 32.9 Å². The molecule has 0 radical (unpaired) electrons. The lowest BCUT2D eigenvalue weighted by atomic mass is 10.1. The smallest absolute Gasteiger partial charge is 0.245 e. The number of rotatable bonds is 5. The highest BCUT2D eigenvalue weighted by Crippen LogP contribution is 2.26. The van der Waals surface area contributed by atoms with Gasteiger partial charge in [0, 0.05) is 18.7 Å². The number of amides is 2. The highest BCUT2D eigenvalue weighted by Gasteiger charge is 2.17. The molecule has 0 spiro atoms. The molecular formula is C16H21FN4O2S. The first-order valence-corrected chi connectivity index (χ1v) is 8.30. The molecule has 8 heteroatoms. The normalized spacial score (nSPS) is 11.5. The van der Waals surface area contributed by atoms with Crippen molar-refractivity contribution in [2.24, 2.45) is 0 Å². The van der Waals surface area contributed by atoms with Crippen molar-refractivity contribution in [1.82, 2.24) is 15.2 Å². The zero-order valence-corrected chi connectivity index (χ0v) is 15.0. The Bertz CT molecular complexity index is 754. The fourth-order valence-electron chi connectivity index (χ4n) is 1.89. The van der Waals surface area contributed by atoms with Crippen molar-refractivity contribution in [3.05, 3.63) is 24.0 Å². The summed E-state index contributed by atoms with van der Waals surface area (Å²) in [6.45, 7) is 5.97. The van der Waals surface area contributed by atoms with Crippen LogP contribution in [-0.4, -0.2) is 47.4 Å². The number of nitrogens with zero attached hydrogens (tertiary/aromatic N) is 2. The predicted octanol–water partition coefficient (Wildman–Crippen LogP) is 2.22. The number of anilines is 1. The molecule has 2 amide bonds. The number of likely N-dealkylation sites (N-methyl/N-ethyl adjacent to an activating group) is 1. The molecule has 1 aromatic carbocycles. The van der Waals surface area contributed by atoms with Gasteiger partial charge in [0.1, 0.15) is 5.82 Å². The van der Waals surface area contributed by atoms with Gasteiger partial charge in [-0.3, -0.25) is 9.59 Å². The summed E-state index contributed by atoms with van der Waals surface area (Å²) in [4.78, 5) is 29.5. The topological polar surface area (TPSA) is 74.3 Å². The Morgan fingerprint density at radius 3 is 2.71 bits per heavy atom. The summed E-state index contributed by atoms with van der Waals surface area (Å²) in [6.07, 6.45) is 0. The fraction of sp³-hybridized carbons (Fsp3) is 0.438. The predicted molar refractivity (Wildman–Crippen MR) is 93.6 cm³/mol. The van der Waals surface area contributed by atoms with E-state index in [0.717, 1.165) is 4.70 Å². The van der Waals surface area contributed by atoms with E-state index >= 15 is 0 Å². The first kappa shape index (κ1) is 18.3. The van der Waals surface area contributed by atoms with E-state index < -0.39 is 0 Å². The Kier molecular flexibility index (Phi) is 5.51. The summed E-state index contributed by atoms with van der Waals surface area (Å²) in [5, 5.41) is 6.10. The Morgan fingerprint density at radius 1 is 1.33 bits per heavy atom. The SMILES string of the molecule is CN(CC(=O)Nc1nc2cc(F)ccc2s1)C(=O)CNC(C)(C)C. The van der Waals surface area contributed by atoms with Crippen molar-refractivity contribution < 1.29 is 14.0 Å². The summed E-state index contributed by atoms with van der Waals surface area (Å²) >= 11 is 1.26. The molecule has 2 aromatic rings. The minimum absolute atomic E-state index is 0.0745. The largest absolute Gasteiger partial charge is 0.335 e. The standard InChI is InChI=1S/C16H21FN4O2S/c1-16(2,3)18-8-14(23)21(4)9-13(22)20-15-19-11-7-10(17)5-6-12(11)24-15/h5-7,18H,8-9H2,1-4H3,(H,19,20,22).